The summed E-state index contributed by atoms with van der Waals surface area (Å²) in [5.74, 6) is 0. The maximum atomic E-state index is 12.5. The van der Waals surface area contributed by atoms with Crippen LogP contribution in [0, 0.1) is 6.92 Å². The van der Waals surface area contributed by atoms with Crippen LogP contribution in [0.1, 0.15) is 37.2 Å². The number of nitrogens with one attached hydrogen (secondary N) is 1. The first kappa shape index (κ1) is 9.99. The highest BCUT2D eigenvalue weighted by Crippen LogP contribution is 2.10. The first-order chi connectivity index (χ1) is 11.0. The Labute approximate surface area is 122 Å². The number of nitrogens with zero attached hydrogens (tertiary/aromatic N) is 2. The van der Waals surface area contributed by atoms with Crippen LogP contribution < -0.4 is 11.2 Å². The Morgan fingerprint density at radius 2 is 2.25 bits per heavy atom. The highest BCUT2D eigenvalue weighted by atomic mass is 16.3. The number of H-pyrrole nitrogens is 1. The van der Waals surface area contributed by atoms with Crippen LogP contribution in [0.5, 0.6) is 0 Å². The summed E-state index contributed by atoms with van der Waals surface area (Å²) in [5, 5.41) is 10.1. The average molecular weight is 283 g/mol. The molecule has 0 aliphatic carbocycles. The van der Waals surface area contributed by atoms with Crippen molar-refractivity contribution in [2.24, 2.45) is 7.05 Å². The molecule has 0 fully saturated rings. The second-order valence-electron chi connectivity index (χ2n) is 4.90. The van der Waals surface area contributed by atoms with Gasteiger partial charge in [-0.05, 0) is 38.6 Å². The fraction of sp³-hybridized carbons (Fsp3) is 0.571. The molecule has 0 aliphatic heterocycles. The van der Waals surface area contributed by atoms with Crippen molar-refractivity contribution in [3.63, 3.8) is 0 Å². The number of aromatic amines is 1. The van der Waals surface area contributed by atoms with Gasteiger partial charge in [-0.1, -0.05) is 0 Å². The van der Waals surface area contributed by atoms with E-state index in [4.69, 9.17) is 5.48 Å². The second kappa shape index (κ2) is 5.66. The molecule has 0 amide bonds. The molecule has 6 heteroatoms. The second-order valence-corrected chi connectivity index (χ2v) is 4.90. The van der Waals surface area contributed by atoms with E-state index in [-0.39, 0.29) is 19.4 Å². The van der Waals surface area contributed by atoms with Gasteiger partial charge in [0.15, 0.2) is 0 Å². The molecule has 0 saturated heterocycles. The Kier molecular flexibility index (Phi) is 2.83. The van der Waals surface area contributed by atoms with Crippen LogP contribution in [0.4, 0.5) is 0 Å². The molecule has 2 N–H and O–H groups in total. The lowest BCUT2D eigenvalue weighted by Gasteiger charge is -2.09. The molecule has 0 aliphatic rings. The van der Waals surface area contributed by atoms with Gasteiger partial charge in [0, 0.05) is 23.9 Å². The lowest BCUT2D eigenvalue weighted by molar-refractivity contribution is 0.180. The molecule has 0 bridgehead atoms. The summed E-state index contributed by atoms with van der Waals surface area (Å²) in [4.78, 5) is 27.7. The van der Waals surface area contributed by atoms with Crippen LogP contribution in [0.15, 0.2) is 15.8 Å². The van der Waals surface area contributed by atoms with E-state index in [2.05, 4.69) is 4.98 Å². The van der Waals surface area contributed by atoms with Gasteiger partial charge in [0.05, 0.1) is 12.8 Å². The summed E-state index contributed by atoms with van der Waals surface area (Å²) < 4.78 is 31.2. The van der Waals surface area contributed by atoms with Crippen molar-refractivity contribution in [3.8, 4) is 0 Å². The van der Waals surface area contributed by atoms with Gasteiger partial charge in [-0.15, -0.1) is 0 Å². The van der Waals surface area contributed by atoms with Gasteiger partial charge in [0.25, 0.3) is 5.56 Å². The smallest absolute Gasteiger partial charge is 0.332 e. The third-order valence-corrected chi connectivity index (χ3v) is 3.41. The number of hydrogen-bond acceptors (Lipinski definition) is 3. The third-order valence-electron chi connectivity index (χ3n) is 3.41. The fourth-order valence-corrected chi connectivity index (χ4v) is 2.30. The average Bonchev–Trinajstić information content (AvgIpc) is 2.85. The van der Waals surface area contributed by atoms with Crippen molar-refractivity contribution in [3.05, 3.63) is 32.6 Å². The Morgan fingerprint density at radius 1 is 1.50 bits per heavy atom. The van der Waals surface area contributed by atoms with Crippen molar-refractivity contribution in [2.45, 2.75) is 45.7 Å². The molecule has 2 aromatic heterocycles. The van der Waals surface area contributed by atoms with Gasteiger partial charge in [-0.25, -0.2) is 4.79 Å². The third kappa shape index (κ3) is 2.56. The SMILES string of the molecule is [2H]C([2H])([2H])C([2H])(O)CCCCn1c(=O)c2c(C)c[nH]c2n(C)c1=O. The molecular formula is C14H21N3O3. The molecule has 1 atom stereocenters. The number of unbranched alkanes of at least 4 members (excludes halogenated alkanes) is 1. The molecule has 0 spiro atoms. The van der Waals surface area contributed by atoms with E-state index < -0.39 is 24.2 Å². The van der Waals surface area contributed by atoms with E-state index in [0.29, 0.717) is 17.5 Å². The van der Waals surface area contributed by atoms with Crippen LogP contribution in [0.25, 0.3) is 11.0 Å². The van der Waals surface area contributed by atoms with E-state index in [9.17, 15) is 14.7 Å². The first-order valence-corrected chi connectivity index (χ1v) is 6.47. The zero-order valence-corrected chi connectivity index (χ0v) is 11.6. The molecule has 0 radical (unpaired) electrons. The molecule has 20 heavy (non-hydrogen) atoms. The topological polar surface area (TPSA) is 80.0 Å². The number of hydrogen-bond donors (Lipinski definition) is 2. The molecule has 2 heterocycles. The summed E-state index contributed by atoms with van der Waals surface area (Å²) in [6, 6.07) is 0. The molecule has 0 aromatic carbocycles. The van der Waals surface area contributed by atoms with E-state index in [1.54, 1.807) is 20.2 Å². The van der Waals surface area contributed by atoms with Crippen LogP contribution in [-0.2, 0) is 13.6 Å². The number of fused-ring (bicyclic) bond motifs is 1. The van der Waals surface area contributed by atoms with Crippen molar-refractivity contribution < 1.29 is 10.6 Å². The van der Waals surface area contributed by atoms with Crippen LogP contribution in [0.3, 0.4) is 0 Å². The maximum absolute atomic E-state index is 12.5. The predicted octanol–water partition coefficient (Wildman–Crippen LogP) is 0.888. The van der Waals surface area contributed by atoms with Gasteiger partial charge in [-0.2, -0.15) is 0 Å². The van der Waals surface area contributed by atoms with Gasteiger partial charge in [0.1, 0.15) is 5.65 Å². The Balaban J connectivity index is 2.19. The van der Waals surface area contributed by atoms with Crippen LogP contribution >= 0.6 is 0 Å². The Morgan fingerprint density at radius 3 is 2.95 bits per heavy atom. The molecule has 6 nitrogen and oxygen atoms in total. The van der Waals surface area contributed by atoms with E-state index >= 15 is 0 Å². The Hall–Kier alpha value is -1.82. The minimum atomic E-state index is -2.79. The van der Waals surface area contributed by atoms with Crippen LogP contribution in [-0.4, -0.2) is 25.3 Å². The van der Waals surface area contributed by atoms with E-state index in [0.717, 1.165) is 10.1 Å². The predicted molar refractivity (Wildman–Crippen MR) is 78.1 cm³/mol. The summed E-state index contributed by atoms with van der Waals surface area (Å²) >= 11 is 0. The Bertz CT molecular complexity index is 861. The maximum Gasteiger partial charge on any atom is 0.332 e. The van der Waals surface area contributed by atoms with Crippen molar-refractivity contribution in [1.82, 2.24) is 14.1 Å². The number of aliphatic hydroxyl groups is 1. The molecule has 1 unspecified atom stereocenters. The summed E-state index contributed by atoms with van der Waals surface area (Å²) in [6.07, 6.45) is -0.611. The molecule has 110 valence electrons. The highest BCUT2D eigenvalue weighted by molar-refractivity contribution is 5.78. The lowest BCUT2D eigenvalue weighted by atomic mass is 10.2. The van der Waals surface area contributed by atoms with Crippen LogP contribution in [0.2, 0.25) is 0 Å². The molecule has 2 aromatic rings. The number of aromatic nitrogens is 3. The summed E-state index contributed by atoms with van der Waals surface area (Å²) in [6.45, 7) is -0.921. The van der Waals surface area contributed by atoms with Crippen molar-refractivity contribution in [2.75, 3.05) is 0 Å². The monoisotopic (exact) mass is 283 g/mol. The zero-order chi connectivity index (χ0) is 18.3. The largest absolute Gasteiger partial charge is 0.393 e. The summed E-state index contributed by atoms with van der Waals surface area (Å²) in [5.41, 5.74) is 0.332. The normalized spacial score (nSPS) is 18.1. The van der Waals surface area contributed by atoms with E-state index in [1.807, 2.05) is 0 Å². The number of aryl methyl sites for hydroxylation is 2. The van der Waals surface area contributed by atoms with Gasteiger partial charge in [-0.3, -0.25) is 13.9 Å². The van der Waals surface area contributed by atoms with Crippen molar-refractivity contribution >= 4 is 11.0 Å². The molecule has 2 rings (SSSR count). The molecular weight excluding hydrogens is 258 g/mol. The highest BCUT2D eigenvalue weighted by Gasteiger charge is 2.13. The number of rotatable bonds is 5. The zero-order valence-electron chi connectivity index (χ0n) is 15.6. The van der Waals surface area contributed by atoms with Crippen molar-refractivity contribution in [1.29, 1.82) is 0 Å². The fourth-order valence-electron chi connectivity index (χ4n) is 2.30. The van der Waals surface area contributed by atoms with Gasteiger partial charge >= 0.3 is 5.69 Å². The quantitative estimate of drug-likeness (QED) is 0.800. The standard InChI is InChI=1S/C14H21N3O3/c1-9-8-15-12-11(9)13(19)17(14(20)16(12)3)7-5-4-6-10(2)18/h8,10,15,18H,4-7H2,1-3H3/i2D3,10D. The minimum Gasteiger partial charge on any atom is -0.393 e. The van der Waals surface area contributed by atoms with Gasteiger partial charge < -0.3 is 10.1 Å². The van der Waals surface area contributed by atoms with E-state index in [1.165, 1.54) is 4.57 Å². The lowest BCUT2D eigenvalue weighted by Crippen LogP contribution is -2.39. The first-order valence-electron chi connectivity index (χ1n) is 8.47. The summed E-state index contributed by atoms with van der Waals surface area (Å²) in [7, 11) is 1.56. The molecule has 0 saturated carbocycles. The minimum absolute atomic E-state index is 0.100. The van der Waals surface area contributed by atoms with Gasteiger partial charge in [0.2, 0.25) is 0 Å².